The lowest BCUT2D eigenvalue weighted by molar-refractivity contribution is -0.137. The normalized spacial score (nSPS) is 15.0. The number of halogens is 2. The Morgan fingerprint density at radius 3 is 2.62 bits per heavy atom. The Morgan fingerprint density at radius 1 is 1.13 bits per heavy atom. The van der Waals surface area contributed by atoms with Crippen molar-refractivity contribution in [3.8, 4) is 34.9 Å². The number of benzene rings is 3. The molecule has 1 aliphatic rings. The van der Waals surface area contributed by atoms with Gasteiger partial charge >= 0.3 is 5.97 Å². The first kappa shape index (κ1) is 31.4. The van der Waals surface area contributed by atoms with Crippen molar-refractivity contribution in [3.63, 3.8) is 0 Å². The van der Waals surface area contributed by atoms with Gasteiger partial charge in [0.2, 0.25) is 11.6 Å². The van der Waals surface area contributed by atoms with Gasteiger partial charge in [0.1, 0.15) is 24.6 Å². The number of carboxylic acid groups (broad SMARTS) is 1. The molecule has 3 aromatic carbocycles. The van der Waals surface area contributed by atoms with Crippen LogP contribution in [0.1, 0.15) is 22.9 Å². The molecule has 1 aliphatic heterocycles. The minimum atomic E-state index is -1.22. The van der Waals surface area contributed by atoms with Crippen LogP contribution < -0.4 is 19.9 Å². The van der Waals surface area contributed by atoms with E-state index in [9.17, 15) is 10.1 Å². The summed E-state index contributed by atoms with van der Waals surface area (Å²) >= 11 is 1.22. The lowest BCUT2D eigenvalue weighted by Gasteiger charge is -2.22. The molecule has 2 atom stereocenters. The lowest BCUT2D eigenvalue weighted by Crippen LogP contribution is -2.32. The first-order chi connectivity index (χ1) is 21.7. The Kier molecular flexibility index (Phi) is 9.89. The van der Waals surface area contributed by atoms with E-state index in [-0.39, 0.29) is 35.2 Å². The smallest absolute Gasteiger partial charge is 0.321 e. The third kappa shape index (κ3) is 7.55. The van der Waals surface area contributed by atoms with Gasteiger partial charge in [-0.05, 0) is 42.9 Å². The monoisotopic (exact) mass is 631 g/mol. The molecule has 0 saturated heterocycles. The number of aliphatic carboxylic acids is 1. The Labute approximate surface area is 261 Å². The lowest BCUT2D eigenvalue weighted by atomic mass is 10.1. The number of nitrogens with zero attached hydrogens (tertiary/aromatic N) is 4. The van der Waals surface area contributed by atoms with Crippen molar-refractivity contribution >= 4 is 23.9 Å². The van der Waals surface area contributed by atoms with Crippen molar-refractivity contribution < 1.29 is 32.9 Å². The second kappa shape index (κ2) is 14.2. The number of hydrogen-bond acceptors (Lipinski definition) is 10. The van der Waals surface area contributed by atoms with E-state index >= 15 is 8.78 Å². The molecule has 0 amide bonds. The fourth-order valence-corrected chi connectivity index (χ4v) is 5.19. The fraction of sp³-hybridized carbons (Fsp3) is 0.188. The van der Waals surface area contributed by atoms with E-state index in [4.69, 9.17) is 25.1 Å². The highest BCUT2D eigenvalue weighted by molar-refractivity contribution is 7.99. The van der Waals surface area contributed by atoms with E-state index in [1.807, 2.05) is 48.3 Å². The highest BCUT2D eigenvalue weighted by Crippen LogP contribution is 2.41. The van der Waals surface area contributed by atoms with Crippen LogP contribution in [0.2, 0.25) is 0 Å². The van der Waals surface area contributed by atoms with Gasteiger partial charge in [0, 0.05) is 35.0 Å². The molecule has 45 heavy (non-hydrogen) atoms. The molecular weight excluding hydrogens is 604 g/mol. The Balaban J connectivity index is 1.44. The van der Waals surface area contributed by atoms with Crippen LogP contribution in [0.4, 0.5) is 8.78 Å². The Morgan fingerprint density at radius 2 is 1.91 bits per heavy atom. The third-order valence-corrected chi connectivity index (χ3v) is 7.78. The number of ether oxygens (including phenoxy) is 3. The zero-order chi connectivity index (χ0) is 31.9. The average Bonchev–Trinajstić information content (AvgIpc) is 3.48. The number of carbonyl (C=O) groups is 1. The van der Waals surface area contributed by atoms with E-state index < -0.39 is 41.4 Å². The number of hydrogen-bond donors (Lipinski definition) is 2. The molecule has 2 heterocycles. The molecule has 0 spiro atoms. The summed E-state index contributed by atoms with van der Waals surface area (Å²) in [5.41, 5.74) is 7.24. The summed E-state index contributed by atoms with van der Waals surface area (Å²) in [6.07, 6.45) is 1.96. The van der Waals surface area contributed by atoms with E-state index in [0.29, 0.717) is 17.0 Å². The molecule has 0 aliphatic carbocycles. The quantitative estimate of drug-likeness (QED) is 0.181. The molecule has 230 valence electrons. The molecule has 2 unspecified atom stereocenters. The number of nitriles is 1. The number of nitrogens with two attached hydrogens (primary N) is 1. The van der Waals surface area contributed by atoms with Crippen LogP contribution in [0.5, 0.6) is 28.9 Å². The van der Waals surface area contributed by atoms with Gasteiger partial charge in [-0.2, -0.15) is 9.65 Å². The highest BCUT2D eigenvalue weighted by Gasteiger charge is 2.27. The predicted octanol–water partition coefficient (Wildman–Crippen LogP) is 5.91. The topological polar surface area (TPSA) is 143 Å². The van der Waals surface area contributed by atoms with E-state index in [0.717, 1.165) is 11.8 Å². The first-order valence-corrected chi connectivity index (χ1v) is 14.6. The number of carboxylic acids is 1. The molecule has 0 saturated carbocycles. The number of rotatable bonds is 12. The van der Waals surface area contributed by atoms with Crippen LogP contribution in [-0.4, -0.2) is 52.6 Å². The molecule has 13 heteroatoms. The van der Waals surface area contributed by atoms with Crippen LogP contribution in [0.3, 0.4) is 0 Å². The molecular formula is C32H27F2N5O5S. The van der Waals surface area contributed by atoms with Crippen molar-refractivity contribution in [1.29, 1.82) is 5.26 Å². The Hall–Kier alpha value is -5.03. The van der Waals surface area contributed by atoms with Crippen molar-refractivity contribution in [3.05, 3.63) is 101 Å². The molecule has 1 aromatic heterocycles. The van der Waals surface area contributed by atoms with Gasteiger partial charge in [0.05, 0.1) is 17.8 Å². The van der Waals surface area contributed by atoms with Gasteiger partial charge in [-0.15, -0.1) is 11.8 Å². The minimum absolute atomic E-state index is 0.00232. The summed E-state index contributed by atoms with van der Waals surface area (Å²) in [6.45, 7) is 0.714. The Bertz CT molecular complexity index is 1770. The van der Waals surface area contributed by atoms with Crippen molar-refractivity contribution in [2.45, 2.75) is 23.7 Å². The number of aliphatic imine (C=N–C) groups is 1. The number of thioether (sulfide) groups is 1. The van der Waals surface area contributed by atoms with Crippen LogP contribution in [0, 0.1) is 23.0 Å². The summed E-state index contributed by atoms with van der Waals surface area (Å²) in [7, 11) is 1.83. The van der Waals surface area contributed by atoms with Crippen LogP contribution in [-0.2, 0) is 11.4 Å². The van der Waals surface area contributed by atoms with Gasteiger partial charge in [0.15, 0.2) is 17.3 Å². The molecule has 3 N–H and O–H groups in total. The molecule has 4 aromatic rings. The standard InChI is InChI=1S/C32H27F2N5O5S/c1-39-12-11-37-30(39)22-14-21(45-18-24(36)32(40)41)8-10-25(22)43-29-23(33)16-38-31(28(29)34)44-27-13-20(15-35)7-9-26(27)42-17-19-5-3-2-4-6-19/h2-11,13-14,16,24,30H,12,17-18,36H2,1H3,(H,40,41). The minimum Gasteiger partial charge on any atom is -0.485 e. The van der Waals surface area contributed by atoms with Crippen LogP contribution in [0.25, 0.3) is 0 Å². The average molecular weight is 632 g/mol. The molecule has 10 nitrogen and oxygen atoms in total. The van der Waals surface area contributed by atoms with Gasteiger partial charge in [0.25, 0.3) is 5.88 Å². The van der Waals surface area contributed by atoms with Crippen LogP contribution >= 0.6 is 11.8 Å². The second-order valence-corrected chi connectivity index (χ2v) is 11.0. The molecule has 5 rings (SSSR count). The predicted molar refractivity (Wildman–Crippen MR) is 163 cm³/mol. The summed E-state index contributed by atoms with van der Waals surface area (Å²) in [4.78, 5) is 22.0. The number of pyridine rings is 1. The van der Waals surface area contributed by atoms with Gasteiger partial charge in [-0.1, -0.05) is 30.3 Å². The third-order valence-electron chi connectivity index (χ3n) is 6.67. The van der Waals surface area contributed by atoms with Gasteiger partial charge in [-0.3, -0.25) is 14.7 Å². The summed E-state index contributed by atoms with van der Waals surface area (Å²) in [5, 5.41) is 18.5. The molecule has 0 radical (unpaired) electrons. The SMILES string of the molecule is CN1CC=NC1c1cc(SCC(N)C(=O)O)ccc1Oc1c(F)cnc(Oc2cc(C#N)ccc2OCc2ccccc2)c1F. The molecule has 0 fully saturated rings. The number of aromatic nitrogens is 1. The second-order valence-electron chi connectivity index (χ2n) is 9.91. The van der Waals surface area contributed by atoms with Crippen LogP contribution in [0.15, 0.2) is 82.8 Å². The maximum absolute atomic E-state index is 15.8. The zero-order valence-corrected chi connectivity index (χ0v) is 24.7. The van der Waals surface area contributed by atoms with Gasteiger partial charge in [-0.25, -0.2) is 9.37 Å². The zero-order valence-electron chi connectivity index (χ0n) is 23.9. The largest absolute Gasteiger partial charge is 0.485 e. The fourth-order valence-electron chi connectivity index (χ4n) is 4.30. The van der Waals surface area contributed by atoms with E-state index in [1.165, 1.54) is 36.0 Å². The maximum atomic E-state index is 15.8. The van der Waals surface area contributed by atoms with E-state index in [2.05, 4.69) is 9.98 Å². The van der Waals surface area contributed by atoms with Crippen molar-refractivity contribution in [1.82, 2.24) is 9.88 Å². The van der Waals surface area contributed by atoms with E-state index in [1.54, 1.807) is 18.3 Å². The summed E-state index contributed by atoms with van der Waals surface area (Å²) in [6, 6.07) is 19.5. The summed E-state index contributed by atoms with van der Waals surface area (Å²) < 4.78 is 48.3. The highest BCUT2D eigenvalue weighted by atomic mass is 32.2. The van der Waals surface area contributed by atoms with Crippen molar-refractivity contribution in [2.75, 3.05) is 19.3 Å². The molecule has 0 bridgehead atoms. The summed E-state index contributed by atoms with van der Waals surface area (Å²) in [5.74, 6) is -4.34. The van der Waals surface area contributed by atoms with Crippen molar-refractivity contribution in [2.24, 2.45) is 10.7 Å². The van der Waals surface area contributed by atoms with Gasteiger partial charge < -0.3 is 25.1 Å². The first-order valence-electron chi connectivity index (χ1n) is 13.6. The maximum Gasteiger partial charge on any atom is 0.321 e.